The highest BCUT2D eigenvalue weighted by Crippen LogP contribution is 2.31. The van der Waals surface area contributed by atoms with Crippen LogP contribution in [-0.2, 0) is 0 Å². The molecule has 0 atom stereocenters. The van der Waals surface area contributed by atoms with Crippen LogP contribution >= 0.6 is 27.3 Å². The predicted molar refractivity (Wildman–Crippen MR) is 83.7 cm³/mol. The molecule has 0 saturated carbocycles. The summed E-state index contributed by atoms with van der Waals surface area (Å²) in [5.41, 5.74) is 3.44. The normalized spacial score (nSPS) is 11.4. The Kier molecular flexibility index (Phi) is 2.47. The fourth-order valence-electron chi connectivity index (χ4n) is 2.21. The maximum atomic E-state index is 4.65. The molecule has 0 aliphatic carbocycles. The number of imidazole rings is 1. The quantitative estimate of drug-likeness (QED) is 0.481. The first-order valence-electron chi connectivity index (χ1n) is 5.94. The lowest BCUT2D eigenvalue weighted by Crippen LogP contribution is -1.76. The van der Waals surface area contributed by atoms with Crippen LogP contribution in [0, 0.1) is 0 Å². The molecule has 0 aliphatic rings. The average Bonchev–Trinajstić information content (AvgIpc) is 2.97. The molecule has 2 nitrogen and oxygen atoms in total. The van der Waals surface area contributed by atoms with E-state index in [-0.39, 0.29) is 0 Å². The van der Waals surface area contributed by atoms with Crippen molar-refractivity contribution in [2.24, 2.45) is 0 Å². The highest BCUT2D eigenvalue weighted by molar-refractivity contribution is 9.10. The van der Waals surface area contributed by atoms with Gasteiger partial charge in [-0.1, -0.05) is 51.5 Å². The zero-order valence-corrected chi connectivity index (χ0v) is 12.3. The zero-order valence-electron chi connectivity index (χ0n) is 9.88. The van der Waals surface area contributed by atoms with E-state index in [9.17, 15) is 0 Å². The van der Waals surface area contributed by atoms with Crippen molar-refractivity contribution in [3.8, 4) is 10.4 Å². The van der Waals surface area contributed by atoms with E-state index in [1.165, 1.54) is 10.4 Å². The van der Waals surface area contributed by atoms with Gasteiger partial charge in [-0.15, -0.1) is 0 Å². The van der Waals surface area contributed by atoms with Gasteiger partial charge in [0.25, 0.3) is 0 Å². The second-order valence-corrected chi connectivity index (χ2v) is 6.28. The summed E-state index contributed by atoms with van der Waals surface area (Å²) in [6, 6.07) is 16.6. The molecule has 92 valence electrons. The highest BCUT2D eigenvalue weighted by atomic mass is 79.9. The van der Waals surface area contributed by atoms with E-state index in [0.29, 0.717) is 0 Å². The molecule has 2 aromatic heterocycles. The standard InChI is InChI=1S/C15H9BrN2S/c16-11-7-5-10(6-8-11)14-9-18-13-4-2-1-3-12(13)17-15(18)19-14/h1-9H. The van der Waals surface area contributed by atoms with E-state index in [4.69, 9.17) is 0 Å². The van der Waals surface area contributed by atoms with Crippen LogP contribution in [0.4, 0.5) is 0 Å². The molecule has 0 fully saturated rings. The molecule has 0 aliphatic heterocycles. The van der Waals surface area contributed by atoms with Gasteiger partial charge in [0.05, 0.1) is 15.9 Å². The molecule has 19 heavy (non-hydrogen) atoms. The molecule has 0 bridgehead atoms. The Morgan fingerprint density at radius 1 is 1.00 bits per heavy atom. The van der Waals surface area contributed by atoms with Crippen LogP contribution in [0.2, 0.25) is 0 Å². The topological polar surface area (TPSA) is 17.3 Å². The Bertz CT molecular complexity index is 874. The van der Waals surface area contributed by atoms with Crippen LogP contribution < -0.4 is 0 Å². The third-order valence-corrected chi connectivity index (χ3v) is 4.70. The minimum Gasteiger partial charge on any atom is -0.290 e. The van der Waals surface area contributed by atoms with Gasteiger partial charge in [0, 0.05) is 10.7 Å². The summed E-state index contributed by atoms with van der Waals surface area (Å²) in [6.07, 6.45) is 2.17. The number of fused-ring (bicyclic) bond motifs is 3. The minimum absolute atomic E-state index is 1.04. The van der Waals surface area contributed by atoms with Gasteiger partial charge in [-0.05, 0) is 29.8 Å². The fourth-order valence-corrected chi connectivity index (χ4v) is 3.48. The number of halogens is 1. The molecule has 4 aromatic rings. The summed E-state index contributed by atoms with van der Waals surface area (Å²) in [4.78, 5) is 6.93. The van der Waals surface area contributed by atoms with E-state index in [2.05, 4.69) is 61.8 Å². The lowest BCUT2D eigenvalue weighted by atomic mass is 10.2. The Labute approximate surface area is 122 Å². The fraction of sp³-hybridized carbons (Fsp3) is 0. The van der Waals surface area contributed by atoms with Crippen LogP contribution in [0.25, 0.3) is 26.4 Å². The summed E-state index contributed by atoms with van der Waals surface area (Å²) in [5.74, 6) is 0. The van der Waals surface area contributed by atoms with Gasteiger partial charge in [0.2, 0.25) is 0 Å². The number of rotatable bonds is 1. The van der Waals surface area contributed by atoms with Crippen LogP contribution in [0.1, 0.15) is 0 Å². The molecule has 0 amide bonds. The summed E-state index contributed by atoms with van der Waals surface area (Å²) >= 11 is 5.18. The zero-order chi connectivity index (χ0) is 12.8. The summed E-state index contributed by atoms with van der Waals surface area (Å²) in [5, 5.41) is 0. The molecule has 0 saturated heterocycles. The first-order chi connectivity index (χ1) is 9.31. The molecular weight excluding hydrogens is 320 g/mol. The van der Waals surface area contributed by atoms with Crippen molar-refractivity contribution in [2.75, 3.05) is 0 Å². The van der Waals surface area contributed by atoms with Gasteiger partial charge in [0.15, 0.2) is 4.96 Å². The average molecular weight is 329 g/mol. The SMILES string of the molecule is Brc1ccc(-c2cn3c(nc4ccccc43)s2)cc1. The van der Waals surface area contributed by atoms with Crippen molar-refractivity contribution in [1.29, 1.82) is 0 Å². The number of hydrogen-bond acceptors (Lipinski definition) is 2. The van der Waals surface area contributed by atoms with Crippen molar-refractivity contribution < 1.29 is 0 Å². The van der Waals surface area contributed by atoms with Crippen molar-refractivity contribution in [1.82, 2.24) is 9.38 Å². The molecule has 2 aromatic carbocycles. The van der Waals surface area contributed by atoms with Gasteiger partial charge in [-0.2, -0.15) is 0 Å². The Balaban J connectivity index is 1.94. The Morgan fingerprint density at radius 3 is 2.63 bits per heavy atom. The lowest BCUT2D eigenvalue weighted by Gasteiger charge is -1.96. The minimum atomic E-state index is 1.04. The van der Waals surface area contributed by atoms with Crippen molar-refractivity contribution in [3.05, 3.63) is 59.2 Å². The van der Waals surface area contributed by atoms with E-state index in [1.807, 2.05) is 18.2 Å². The molecule has 0 N–H and O–H groups in total. The van der Waals surface area contributed by atoms with Gasteiger partial charge in [0.1, 0.15) is 0 Å². The number of benzene rings is 2. The number of nitrogens with zero attached hydrogens (tertiary/aromatic N) is 2. The van der Waals surface area contributed by atoms with E-state index >= 15 is 0 Å². The number of aromatic nitrogens is 2. The van der Waals surface area contributed by atoms with Gasteiger partial charge >= 0.3 is 0 Å². The first kappa shape index (κ1) is 11.2. The van der Waals surface area contributed by atoms with Crippen LogP contribution in [0.5, 0.6) is 0 Å². The molecule has 0 spiro atoms. The molecule has 0 radical (unpaired) electrons. The van der Waals surface area contributed by atoms with Gasteiger partial charge < -0.3 is 0 Å². The van der Waals surface area contributed by atoms with Crippen LogP contribution in [0.3, 0.4) is 0 Å². The van der Waals surface area contributed by atoms with E-state index in [0.717, 1.165) is 20.5 Å². The summed E-state index contributed by atoms with van der Waals surface area (Å²) in [6.45, 7) is 0. The maximum absolute atomic E-state index is 4.65. The summed E-state index contributed by atoms with van der Waals surface area (Å²) in [7, 11) is 0. The monoisotopic (exact) mass is 328 g/mol. The number of thiazole rings is 1. The molecule has 2 heterocycles. The molecule has 4 heteroatoms. The smallest absolute Gasteiger partial charge is 0.195 e. The first-order valence-corrected chi connectivity index (χ1v) is 7.55. The third-order valence-electron chi connectivity index (χ3n) is 3.14. The Morgan fingerprint density at radius 2 is 1.79 bits per heavy atom. The summed E-state index contributed by atoms with van der Waals surface area (Å²) < 4.78 is 3.26. The predicted octanol–water partition coefficient (Wildman–Crippen LogP) is 4.98. The van der Waals surface area contributed by atoms with Gasteiger partial charge in [-0.3, -0.25) is 4.40 Å². The molecule has 4 rings (SSSR count). The van der Waals surface area contributed by atoms with Crippen molar-refractivity contribution in [2.45, 2.75) is 0 Å². The van der Waals surface area contributed by atoms with Gasteiger partial charge in [-0.25, -0.2) is 4.98 Å². The maximum Gasteiger partial charge on any atom is 0.195 e. The largest absolute Gasteiger partial charge is 0.290 e. The van der Waals surface area contributed by atoms with Crippen molar-refractivity contribution in [3.63, 3.8) is 0 Å². The van der Waals surface area contributed by atoms with Crippen LogP contribution in [0.15, 0.2) is 59.2 Å². The number of para-hydroxylation sites is 2. The Hall–Kier alpha value is -1.65. The van der Waals surface area contributed by atoms with Crippen molar-refractivity contribution >= 4 is 43.3 Å². The van der Waals surface area contributed by atoms with E-state index in [1.54, 1.807) is 11.3 Å². The lowest BCUT2D eigenvalue weighted by molar-refractivity contribution is 1.28. The second-order valence-electron chi connectivity index (χ2n) is 4.36. The second kappa shape index (κ2) is 4.18. The highest BCUT2D eigenvalue weighted by Gasteiger charge is 2.09. The van der Waals surface area contributed by atoms with E-state index < -0.39 is 0 Å². The molecule has 0 unspecified atom stereocenters. The molecular formula is C15H9BrN2S. The number of hydrogen-bond donors (Lipinski definition) is 0. The third kappa shape index (κ3) is 1.79. The van der Waals surface area contributed by atoms with Crippen LogP contribution in [-0.4, -0.2) is 9.38 Å².